The summed E-state index contributed by atoms with van der Waals surface area (Å²) in [7, 11) is 1.59. The second-order valence-corrected chi connectivity index (χ2v) is 7.54. The molecule has 0 aliphatic heterocycles. The number of hydrogen-bond acceptors (Lipinski definition) is 3. The van der Waals surface area contributed by atoms with E-state index in [1.54, 1.807) is 11.9 Å². The van der Waals surface area contributed by atoms with Crippen molar-refractivity contribution in [3.8, 4) is 5.75 Å². The first kappa shape index (κ1) is 21.2. The number of carbonyl (C=O) groups is 2. The molecule has 5 nitrogen and oxygen atoms in total. The van der Waals surface area contributed by atoms with Crippen LogP contribution in [0.1, 0.15) is 24.5 Å². The predicted molar refractivity (Wildman–Crippen MR) is 115 cm³/mol. The first-order chi connectivity index (χ1) is 12.9. The van der Waals surface area contributed by atoms with Gasteiger partial charge in [0.25, 0.3) is 5.91 Å². The number of hydrogen-bond donors (Lipinski definition) is 1. The van der Waals surface area contributed by atoms with E-state index in [1.807, 2.05) is 62.4 Å². The third kappa shape index (κ3) is 6.23. The number of benzene rings is 2. The summed E-state index contributed by atoms with van der Waals surface area (Å²) in [5, 5.41) is 2.65. The van der Waals surface area contributed by atoms with Crippen molar-refractivity contribution in [2.75, 3.05) is 13.7 Å². The van der Waals surface area contributed by atoms with E-state index >= 15 is 0 Å². The molecule has 6 heteroatoms. The molecule has 0 heterocycles. The number of nitrogens with zero attached hydrogens (tertiary/aromatic N) is 1. The van der Waals surface area contributed by atoms with E-state index in [0.29, 0.717) is 18.7 Å². The van der Waals surface area contributed by atoms with Gasteiger partial charge in [0.15, 0.2) is 6.61 Å². The summed E-state index contributed by atoms with van der Waals surface area (Å²) in [6, 6.07) is 14.9. The SMILES string of the molecule is CC[C@@H](C(=O)NC)N(Cc1cccc(C)c1)C(=O)COc1ccc(I)cc1. The smallest absolute Gasteiger partial charge is 0.261 e. The number of carbonyl (C=O) groups excluding carboxylic acids is 2. The molecule has 0 spiro atoms. The highest BCUT2D eigenvalue weighted by Crippen LogP contribution is 2.16. The van der Waals surface area contributed by atoms with Crippen LogP contribution in [-0.4, -0.2) is 36.4 Å². The van der Waals surface area contributed by atoms with Gasteiger partial charge < -0.3 is 15.0 Å². The lowest BCUT2D eigenvalue weighted by Gasteiger charge is -2.30. The van der Waals surface area contributed by atoms with Gasteiger partial charge in [-0.3, -0.25) is 9.59 Å². The fraction of sp³-hybridized carbons (Fsp3) is 0.333. The number of nitrogens with one attached hydrogen (secondary N) is 1. The molecular weight excluding hydrogens is 455 g/mol. The molecular formula is C21H25IN2O3. The van der Waals surface area contributed by atoms with Gasteiger partial charge in [0.1, 0.15) is 11.8 Å². The van der Waals surface area contributed by atoms with Crippen LogP contribution >= 0.6 is 22.6 Å². The minimum Gasteiger partial charge on any atom is -0.484 e. The Morgan fingerprint density at radius 1 is 1.19 bits per heavy atom. The molecule has 2 amide bonds. The zero-order valence-electron chi connectivity index (χ0n) is 15.9. The van der Waals surface area contributed by atoms with E-state index in [4.69, 9.17) is 4.74 Å². The van der Waals surface area contributed by atoms with Crippen LogP contribution in [0.15, 0.2) is 48.5 Å². The van der Waals surface area contributed by atoms with Crippen LogP contribution in [0.3, 0.4) is 0 Å². The summed E-state index contributed by atoms with van der Waals surface area (Å²) in [6.07, 6.45) is 0.529. The number of likely N-dealkylation sites (N-methyl/N-ethyl adjacent to an activating group) is 1. The lowest BCUT2D eigenvalue weighted by Crippen LogP contribution is -2.49. The third-order valence-electron chi connectivity index (χ3n) is 4.24. The molecule has 0 aliphatic carbocycles. The van der Waals surface area contributed by atoms with Gasteiger partial charge in [-0.05, 0) is 65.8 Å². The highest BCUT2D eigenvalue weighted by Gasteiger charge is 2.28. The summed E-state index contributed by atoms with van der Waals surface area (Å²) in [6.45, 7) is 4.16. The first-order valence-electron chi connectivity index (χ1n) is 8.89. The Hall–Kier alpha value is -2.09. The van der Waals surface area contributed by atoms with Crippen molar-refractivity contribution in [3.63, 3.8) is 0 Å². The van der Waals surface area contributed by atoms with Crippen LogP contribution in [-0.2, 0) is 16.1 Å². The Morgan fingerprint density at radius 3 is 2.48 bits per heavy atom. The molecule has 2 aromatic rings. The lowest BCUT2D eigenvalue weighted by atomic mass is 10.1. The second-order valence-electron chi connectivity index (χ2n) is 6.29. The Balaban J connectivity index is 2.17. The van der Waals surface area contributed by atoms with Gasteiger partial charge in [0.05, 0.1) is 0 Å². The van der Waals surface area contributed by atoms with Crippen LogP contribution in [0.4, 0.5) is 0 Å². The van der Waals surface area contributed by atoms with E-state index in [0.717, 1.165) is 14.7 Å². The zero-order valence-corrected chi connectivity index (χ0v) is 18.0. The number of aryl methyl sites for hydroxylation is 1. The number of halogens is 1. The van der Waals surface area contributed by atoms with E-state index in [2.05, 4.69) is 27.9 Å². The summed E-state index contributed by atoms with van der Waals surface area (Å²) in [5.74, 6) is 0.241. The molecule has 0 radical (unpaired) electrons. The average Bonchev–Trinajstić information content (AvgIpc) is 2.67. The fourth-order valence-electron chi connectivity index (χ4n) is 2.85. The Bertz CT molecular complexity index is 777. The molecule has 0 saturated heterocycles. The number of amides is 2. The van der Waals surface area contributed by atoms with Gasteiger partial charge >= 0.3 is 0 Å². The minimum atomic E-state index is -0.539. The van der Waals surface area contributed by atoms with E-state index < -0.39 is 6.04 Å². The maximum atomic E-state index is 12.9. The third-order valence-corrected chi connectivity index (χ3v) is 4.96. The Morgan fingerprint density at radius 2 is 1.89 bits per heavy atom. The van der Waals surface area contributed by atoms with Gasteiger partial charge in [0, 0.05) is 17.2 Å². The van der Waals surface area contributed by atoms with Crippen molar-refractivity contribution < 1.29 is 14.3 Å². The zero-order chi connectivity index (χ0) is 19.8. The molecule has 27 heavy (non-hydrogen) atoms. The van der Waals surface area contributed by atoms with Crippen molar-refractivity contribution in [3.05, 3.63) is 63.2 Å². The quantitative estimate of drug-likeness (QED) is 0.589. The van der Waals surface area contributed by atoms with Gasteiger partial charge in [-0.1, -0.05) is 36.8 Å². The predicted octanol–water partition coefficient (Wildman–Crippen LogP) is 3.53. The largest absolute Gasteiger partial charge is 0.484 e. The van der Waals surface area contributed by atoms with Gasteiger partial charge in [-0.15, -0.1) is 0 Å². The number of ether oxygens (including phenoxy) is 1. The van der Waals surface area contributed by atoms with Gasteiger partial charge in [-0.2, -0.15) is 0 Å². The maximum absolute atomic E-state index is 12.9. The maximum Gasteiger partial charge on any atom is 0.261 e. The van der Waals surface area contributed by atoms with E-state index in [-0.39, 0.29) is 18.4 Å². The Kier molecular flexibility index (Phi) is 8.09. The average molecular weight is 480 g/mol. The van der Waals surface area contributed by atoms with E-state index in [9.17, 15) is 9.59 Å². The molecule has 1 atom stereocenters. The topological polar surface area (TPSA) is 58.6 Å². The summed E-state index contributed by atoms with van der Waals surface area (Å²) in [4.78, 5) is 26.8. The van der Waals surface area contributed by atoms with Crippen LogP contribution in [0.25, 0.3) is 0 Å². The van der Waals surface area contributed by atoms with Crippen LogP contribution < -0.4 is 10.1 Å². The van der Waals surface area contributed by atoms with Crippen LogP contribution in [0.5, 0.6) is 5.75 Å². The minimum absolute atomic E-state index is 0.111. The highest BCUT2D eigenvalue weighted by atomic mass is 127. The van der Waals surface area contributed by atoms with Crippen molar-refractivity contribution in [2.45, 2.75) is 32.9 Å². The molecule has 2 rings (SSSR count). The second kappa shape index (κ2) is 10.3. The number of rotatable bonds is 8. The first-order valence-corrected chi connectivity index (χ1v) is 9.97. The molecule has 2 aromatic carbocycles. The summed E-state index contributed by atoms with van der Waals surface area (Å²) in [5.41, 5.74) is 2.10. The molecule has 0 aromatic heterocycles. The summed E-state index contributed by atoms with van der Waals surface area (Å²) < 4.78 is 6.74. The van der Waals surface area contributed by atoms with Crippen molar-refractivity contribution >= 4 is 34.4 Å². The lowest BCUT2D eigenvalue weighted by molar-refractivity contribution is -0.142. The van der Waals surface area contributed by atoms with Crippen LogP contribution in [0, 0.1) is 10.5 Å². The van der Waals surface area contributed by atoms with Crippen LogP contribution in [0.2, 0.25) is 0 Å². The molecule has 0 unspecified atom stereocenters. The fourth-order valence-corrected chi connectivity index (χ4v) is 3.21. The molecule has 1 N–H and O–H groups in total. The summed E-state index contributed by atoms with van der Waals surface area (Å²) >= 11 is 2.21. The molecule has 0 bridgehead atoms. The van der Waals surface area contributed by atoms with Crippen molar-refractivity contribution in [2.24, 2.45) is 0 Å². The monoisotopic (exact) mass is 480 g/mol. The molecule has 144 valence electrons. The molecule has 0 saturated carbocycles. The standard InChI is InChI=1S/C21H25IN2O3/c1-4-19(21(26)23-3)24(13-16-7-5-6-15(2)12-16)20(25)14-27-18-10-8-17(22)9-11-18/h5-12,19H,4,13-14H2,1-3H3,(H,23,26)/t19-/m0/s1. The van der Waals surface area contributed by atoms with Crippen molar-refractivity contribution in [1.29, 1.82) is 0 Å². The van der Waals surface area contributed by atoms with E-state index in [1.165, 1.54) is 0 Å². The molecule has 0 aliphatic rings. The molecule has 0 fully saturated rings. The normalized spacial score (nSPS) is 11.6. The Labute approximate surface area is 174 Å². The highest BCUT2D eigenvalue weighted by molar-refractivity contribution is 14.1. The van der Waals surface area contributed by atoms with Crippen molar-refractivity contribution in [1.82, 2.24) is 10.2 Å². The van der Waals surface area contributed by atoms with Gasteiger partial charge in [0.2, 0.25) is 5.91 Å². The van der Waals surface area contributed by atoms with Gasteiger partial charge in [-0.25, -0.2) is 0 Å².